The zero-order valence-electron chi connectivity index (χ0n) is 16.4. The molecule has 7 nitrogen and oxygen atoms in total. The van der Waals surface area contributed by atoms with Crippen LogP contribution in [0.25, 0.3) is 0 Å². The summed E-state index contributed by atoms with van der Waals surface area (Å²) in [5.41, 5.74) is 1.17. The molecule has 0 aliphatic heterocycles. The lowest BCUT2D eigenvalue weighted by atomic mass is 10.1. The van der Waals surface area contributed by atoms with Crippen LogP contribution in [-0.2, 0) is 13.6 Å². The van der Waals surface area contributed by atoms with Crippen LogP contribution < -0.4 is 15.4 Å². The molecule has 1 aromatic carbocycles. The van der Waals surface area contributed by atoms with Gasteiger partial charge in [0.25, 0.3) is 0 Å². The minimum Gasteiger partial charge on any atom is -0.493 e. The van der Waals surface area contributed by atoms with Crippen LogP contribution in [0.15, 0.2) is 35.6 Å². The van der Waals surface area contributed by atoms with Gasteiger partial charge in [0.2, 0.25) is 0 Å². The van der Waals surface area contributed by atoms with Crippen LogP contribution in [0.5, 0.6) is 5.75 Å². The van der Waals surface area contributed by atoms with Crippen LogP contribution in [0.1, 0.15) is 45.1 Å². The van der Waals surface area contributed by atoms with Gasteiger partial charge in [0.1, 0.15) is 18.6 Å². The van der Waals surface area contributed by atoms with E-state index in [1.165, 1.54) is 5.56 Å². The Hall–Kier alpha value is -2.57. The molecule has 2 aromatic rings. The van der Waals surface area contributed by atoms with E-state index in [-0.39, 0.29) is 6.04 Å². The summed E-state index contributed by atoms with van der Waals surface area (Å²) >= 11 is 0. The van der Waals surface area contributed by atoms with Gasteiger partial charge in [0.05, 0.1) is 12.6 Å². The second-order valence-corrected chi connectivity index (χ2v) is 6.69. The summed E-state index contributed by atoms with van der Waals surface area (Å²) in [6.45, 7) is 10.4. The van der Waals surface area contributed by atoms with Gasteiger partial charge in [-0.25, -0.2) is 4.99 Å². The third kappa shape index (κ3) is 6.06. The van der Waals surface area contributed by atoms with Gasteiger partial charge in [-0.15, -0.1) is 10.2 Å². The molecule has 0 bridgehead atoms. The standard InChI is InChI=1S/C19H30N6O/c1-6-20-19(21-11-18-24-22-13-25(18)5)23-15(4)16-7-9-17(10-8-16)26-12-14(2)3/h7-10,13-15H,6,11-12H2,1-5H3,(H2,20,21,23). The third-order valence-corrected chi connectivity index (χ3v) is 3.84. The summed E-state index contributed by atoms with van der Waals surface area (Å²) in [5.74, 6) is 2.99. The van der Waals surface area contributed by atoms with E-state index in [9.17, 15) is 0 Å². The number of hydrogen-bond donors (Lipinski definition) is 2. The van der Waals surface area contributed by atoms with E-state index in [4.69, 9.17) is 4.74 Å². The van der Waals surface area contributed by atoms with Gasteiger partial charge in [0, 0.05) is 13.6 Å². The molecular formula is C19H30N6O. The first-order valence-electron chi connectivity index (χ1n) is 9.10. The minimum atomic E-state index is 0.117. The number of rotatable bonds is 8. The maximum absolute atomic E-state index is 5.74. The summed E-state index contributed by atoms with van der Waals surface area (Å²) in [6, 6.07) is 8.31. The molecule has 1 unspecified atom stereocenters. The molecule has 0 saturated heterocycles. The number of hydrogen-bond acceptors (Lipinski definition) is 4. The highest BCUT2D eigenvalue weighted by Crippen LogP contribution is 2.18. The summed E-state index contributed by atoms with van der Waals surface area (Å²) in [7, 11) is 1.91. The number of nitrogens with one attached hydrogen (secondary N) is 2. The Labute approximate surface area is 155 Å². The number of guanidine groups is 1. The fraction of sp³-hybridized carbons (Fsp3) is 0.526. The molecule has 1 atom stereocenters. The van der Waals surface area contributed by atoms with Crippen molar-refractivity contribution in [1.82, 2.24) is 25.4 Å². The molecule has 142 valence electrons. The van der Waals surface area contributed by atoms with Crippen molar-refractivity contribution in [1.29, 1.82) is 0 Å². The van der Waals surface area contributed by atoms with Crippen LogP contribution in [-0.4, -0.2) is 33.9 Å². The minimum absolute atomic E-state index is 0.117. The second kappa shape index (κ2) is 9.79. The molecule has 0 fully saturated rings. The van der Waals surface area contributed by atoms with Gasteiger partial charge >= 0.3 is 0 Å². The largest absolute Gasteiger partial charge is 0.493 e. The van der Waals surface area contributed by atoms with Crippen molar-refractivity contribution < 1.29 is 4.74 Å². The lowest BCUT2D eigenvalue weighted by molar-refractivity contribution is 0.271. The van der Waals surface area contributed by atoms with Crippen molar-refractivity contribution in [3.63, 3.8) is 0 Å². The first-order valence-corrected chi connectivity index (χ1v) is 9.10. The number of benzene rings is 1. The van der Waals surface area contributed by atoms with Gasteiger partial charge in [-0.1, -0.05) is 26.0 Å². The van der Waals surface area contributed by atoms with E-state index in [0.717, 1.165) is 30.7 Å². The number of nitrogens with zero attached hydrogens (tertiary/aromatic N) is 4. The van der Waals surface area contributed by atoms with Crippen molar-refractivity contribution in [2.45, 2.75) is 40.3 Å². The van der Waals surface area contributed by atoms with Gasteiger partial charge < -0.3 is 19.9 Å². The van der Waals surface area contributed by atoms with Gasteiger partial charge in [-0.2, -0.15) is 0 Å². The molecule has 0 aliphatic rings. The van der Waals surface area contributed by atoms with Crippen molar-refractivity contribution in [2.75, 3.05) is 13.2 Å². The molecule has 0 amide bonds. The lowest BCUT2D eigenvalue weighted by Gasteiger charge is -2.18. The van der Waals surface area contributed by atoms with Gasteiger partial charge in [-0.3, -0.25) is 0 Å². The van der Waals surface area contributed by atoms with E-state index < -0.39 is 0 Å². The van der Waals surface area contributed by atoms with Crippen LogP contribution >= 0.6 is 0 Å². The van der Waals surface area contributed by atoms with Crippen LogP contribution in [0, 0.1) is 5.92 Å². The summed E-state index contributed by atoms with van der Waals surface area (Å²) < 4.78 is 7.61. The summed E-state index contributed by atoms with van der Waals surface area (Å²) in [4.78, 5) is 4.60. The Kier molecular flexibility index (Phi) is 7.44. The van der Waals surface area contributed by atoms with Crippen molar-refractivity contribution >= 4 is 5.96 Å². The van der Waals surface area contributed by atoms with E-state index in [1.807, 2.05) is 30.7 Å². The summed E-state index contributed by atoms with van der Waals surface area (Å²) in [6.07, 6.45) is 1.68. The van der Waals surface area contributed by atoms with Gasteiger partial charge in [-0.05, 0) is 37.5 Å². The average Bonchev–Trinajstić information content (AvgIpc) is 3.03. The zero-order chi connectivity index (χ0) is 18.9. The Morgan fingerprint density at radius 2 is 1.96 bits per heavy atom. The molecule has 7 heteroatoms. The molecular weight excluding hydrogens is 328 g/mol. The Morgan fingerprint density at radius 1 is 1.23 bits per heavy atom. The Balaban J connectivity index is 1.97. The van der Waals surface area contributed by atoms with Crippen LogP contribution in [0.2, 0.25) is 0 Å². The molecule has 26 heavy (non-hydrogen) atoms. The predicted octanol–water partition coefficient (Wildman–Crippen LogP) is 2.67. The molecule has 1 aromatic heterocycles. The predicted molar refractivity (Wildman–Crippen MR) is 104 cm³/mol. The smallest absolute Gasteiger partial charge is 0.192 e. The van der Waals surface area contributed by atoms with E-state index in [1.54, 1.807) is 6.33 Å². The number of aromatic nitrogens is 3. The van der Waals surface area contributed by atoms with Crippen LogP contribution in [0.4, 0.5) is 0 Å². The van der Waals surface area contributed by atoms with E-state index >= 15 is 0 Å². The number of ether oxygens (including phenoxy) is 1. The normalized spacial score (nSPS) is 12.9. The highest BCUT2D eigenvalue weighted by atomic mass is 16.5. The average molecular weight is 358 g/mol. The van der Waals surface area contributed by atoms with E-state index in [0.29, 0.717) is 12.5 Å². The highest BCUT2D eigenvalue weighted by molar-refractivity contribution is 5.80. The van der Waals surface area contributed by atoms with Gasteiger partial charge in [0.15, 0.2) is 11.8 Å². The first-order chi connectivity index (χ1) is 12.5. The fourth-order valence-electron chi connectivity index (χ4n) is 2.32. The molecule has 0 spiro atoms. The molecule has 2 N–H and O–H groups in total. The number of aliphatic imine (C=N–C) groups is 1. The van der Waals surface area contributed by atoms with Crippen molar-refractivity contribution in [3.05, 3.63) is 42.0 Å². The van der Waals surface area contributed by atoms with E-state index in [2.05, 4.69) is 58.7 Å². The third-order valence-electron chi connectivity index (χ3n) is 3.84. The van der Waals surface area contributed by atoms with Crippen molar-refractivity contribution in [2.24, 2.45) is 18.0 Å². The molecule has 0 radical (unpaired) electrons. The quantitative estimate of drug-likeness (QED) is 0.560. The Morgan fingerprint density at radius 3 is 2.54 bits per heavy atom. The van der Waals surface area contributed by atoms with Crippen LogP contribution in [0.3, 0.4) is 0 Å². The second-order valence-electron chi connectivity index (χ2n) is 6.69. The fourth-order valence-corrected chi connectivity index (χ4v) is 2.32. The Bertz CT molecular complexity index is 692. The molecule has 0 aliphatic carbocycles. The highest BCUT2D eigenvalue weighted by Gasteiger charge is 2.09. The zero-order valence-corrected chi connectivity index (χ0v) is 16.4. The maximum atomic E-state index is 5.74. The first kappa shape index (κ1) is 19.8. The molecule has 0 saturated carbocycles. The maximum Gasteiger partial charge on any atom is 0.192 e. The molecule has 1 heterocycles. The molecule has 2 rings (SSSR count). The topological polar surface area (TPSA) is 76.4 Å². The van der Waals surface area contributed by atoms with Crippen molar-refractivity contribution in [3.8, 4) is 5.75 Å². The number of aryl methyl sites for hydroxylation is 1. The lowest BCUT2D eigenvalue weighted by Crippen LogP contribution is -2.38. The summed E-state index contributed by atoms with van der Waals surface area (Å²) in [5, 5.41) is 14.6. The monoisotopic (exact) mass is 358 g/mol. The SMILES string of the molecule is CCNC(=NCc1nncn1C)NC(C)c1ccc(OCC(C)C)cc1.